The first kappa shape index (κ1) is 17.9. The molecule has 1 aliphatic rings. The Bertz CT molecular complexity index is 552. The lowest BCUT2D eigenvalue weighted by Crippen LogP contribution is -2.48. The minimum atomic E-state index is -3.40. The van der Waals surface area contributed by atoms with Crippen molar-refractivity contribution in [2.45, 2.75) is 5.25 Å². The van der Waals surface area contributed by atoms with E-state index in [1.165, 1.54) is 17.4 Å². The Morgan fingerprint density at radius 2 is 1.95 bits per heavy atom. The van der Waals surface area contributed by atoms with Crippen molar-refractivity contribution in [3.63, 3.8) is 0 Å². The van der Waals surface area contributed by atoms with Gasteiger partial charge in [-0.25, -0.2) is 8.42 Å². The molecule has 0 radical (unpaired) electrons. The van der Waals surface area contributed by atoms with E-state index in [1.807, 2.05) is 7.05 Å². The van der Waals surface area contributed by atoms with Crippen LogP contribution in [0.2, 0.25) is 4.34 Å². The van der Waals surface area contributed by atoms with Crippen molar-refractivity contribution < 1.29 is 8.42 Å². The SMILES string of the molecule is C=CC(c1ccc(Cl)s1)S(=O)(=O)N1CCN(C)CC1.Cl. The summed E-state index contributed by atoms with van der Waals surface area (Å²) in [5, 5.41) is -0.701. The van der Waals surface area contributed by atoms with Crippen LogP contribution in [0.1, 0.15) is 10.1 Å². The zero-order chi connectivity index (χ0) is 14.0. The first-order valence-electron chi connectivity index (χ1n) is 6.00. The molecule has 1 aromatic rings. The molecule has 1 unspecified atom stereocenters. The van der Waals surface area contributed by atoms with Gasteiger partial charge in [0.15, 0.2) is 0 Å². The smallest absolute Gasteiger partial charge is 0.225 e. The zero-order valence-electron chi connectivity index (χ0n) is 11.2. The number of rotatable bonds is 4. The summed E-state index contributed by atoms with van der Waals surface area (Å²) in [6, 6.07) is 3.48. The third-order valence-electron chi connectivity index (χ3n) is 3.23. The van der Waals surface area contributed by atoms with Crippen LogP contribution in [-0.4, -0.2) is 50.8 Å². The van der Waals surface area contributed by atoms with Gasteiger partial charge in [-0.3, -0.25) is 0 Å². The predicted octanol–water partition coefficient (Wildman–Crippen LogP) is 2.63. The highest BCUT2D eigenvalue weighted by molar-refractivity contribution is 7.89. The average Bonchev–Trinajstić information content (AvgIpc) is 2.77. The largest absolute Gasteiger partial charge is 0.304 e. The van der Waals surface area contributed by atoms with Crippen molar-refractivity contribution in [1.29, 1.82) is 0 Å². The van der Waals surface area contributed by atoms with Gasteiger partial charge in [0, 0.05) is 31.1 Å². The van der Waals surface area contributed by atoms with Crippen molar-refractivity contribution in [2.75, 3.05) is 33.2 Å². The second-order valence-electron chi connectivity index (χ2n) is 4.55. The molecule has 1 saturated heterocycles. The molecule has 0 aliphatic carbocycles. The Morgan fingerprint density at radius 1 is 1.35 bits per heavy atom. The van der Waals surface area contributed by atoms with E-state index in [0.717, 1.165) is 18.0 Å². The number of nitrogens with zero attached hydrogens (tertiary/aromatic N) is 2. The highest BCUT2D eigenvalue weighted by Gasteiger charge is 2.33. The summed E-state index contributed by atoms with van der Waals surface area (Å²) in [5.74, 6) is 0. The number of hydrogen-bond donors (Lipinski definition) is 0. The van der Waals surface area contributed by atoms with Crippen LogP contribution in [0.25, 0.3) is 0 Å². The fourth-order valence-corrected chi connectivity index (χ4v) is 5.23. The molecule has 1 atom stereocenters. The molecule has 8 heteroatoms. The van der Waals surface area contributed by atoms with Gasteiger partial charge < -0.3 is 4.90 Å². The van der Waals surface area contributed by atoms with Gasteiger partial charge in [-0.15, -0.1) is 30.3 Å². The van der Waals surface area contributed by atoms with Gasteiger partial charge in [-0.05, 0) is 19.2 Å². The molecule has 114 valence electrons. The van der Waals surface area contributed by atoms with E-state index in [-0.39, 0.29) is 12.4 Å². The van der Waals surface area contributed by atoms with Gasteiger partial charge in [0.2, 0.25) is 10.0 Å². The van der Waals surface area contributed by atoms with Crippen LogP contribution < -0.4 is 0 Å². The van der Waals surface area contributed by atoms with Gasteiger partial charge in [-0.2, -0.15) is 4.31 Å². The van der Waals surface area contributed by atoms with Crippen molar-refractivity contribution in [3.8, 4) is 0 Å². The van der Waals surface area contributed by atoms with E-state index in [4.69, 9.17) is 11.6 Å². The Hall–Kier alpha value is -0.110. The van der Waals surface area contributed by atoms with Crippen LogP contribution >= 0.6 is 35.3 Å². The van der Waals surface area contributed by atoms with Crippen molar-refractivity contribution in [1.82, 2.24) is 9.21 Å². The lowest BCUT2D eigenvalue weighted by Gasteiger charge is -2.33. The number of hydrogen-bond acceptors (Lipinski definition) is 4. The summed E-state index contributed by atoms with van der Waals surface area (Å²) >= 11 is 7.18. The molecule has 2 rings (SSSR count). The number of halogens is 2. The third kappa shape index (κ3) is 3.75. The Morgan fingerprint density at radius 3 is 2.40 bits per heavy atom. The maximum Gasteiger partial charge on any atom is 0.225 e. The molecule has 1 aromatic heterocycles. The fraction of sp³-hybridized carbons (Fsp3) is 0.500. The van der Waals surface area contributed by atoms with Gasteiger partial charge >= 0.3 is 0 Å². The molecule has 2 heterocycles. The van der Waals surface area contributed by atoms with Crippen LogP contribution in [0.4, 0.5) is 0 Å². The summed E-state index contributed by atoms with van der Waals surface area (Å²) in [7, 11) is -1.40. The quantitative estimate of drug-likeness (QED) is 0.778. The summed E-state index contributed by atoms with van der Waals surface area (Å²) < 4.78 is 27.4. The lowest BCUT2D eigenvalue weighted by molar-refractivity contribution is 0.222. The molecule has 0 saturated carbocycles. The summed E-state index contributed by atoms with van der Waals surface area (Å²) in [6.45, 7) is 6.25. The first-order valence-corrected chi connectivity index (χ1v) is 8.70. The zero-order valence-corrected chi connectivity index (χ0v) is 14.4. The van der Waals surface area contributed by atoms with Crippen LogP contribution in [0, 0.1) is 0 Å². The van der Waals surface area contributed by atoms with E-state index >= 15 is 0 Å². The number of sulfonamides is 1. The summed E-state index contributed by atoms with van der Waals surface area (Å²) in [6.07, 6.45) is 1.48. The molecule has 1 aliphatic heterocycles. The van der Waals surface area contributed by atoms with Crippen LogP contribution in [-0.2, 0) is 10.0 Å². The molecule has 0 spiro atoms. The standard InChI is InChI=1S/C12H17ClN2O2S2.ClH/c1-3-11(10-4-5-12(13)18-10)19(16,17)15-8-6-14(2)7-9-15;/h3-5,11H,1,6-9H2,2H3;1H. The van der Waals surface area contributed by atoms with Crippen LogP contribution in [0.5, 0.6) is 0 Å². The molecule has 0 bridgehead atoms. The van der Waals surface area contributed by atoms with Gasteiger partial charge in [-0.1, -0.05) is 17.7 Å². The molecular formula is C12H18Cl2N2O2S2. The highest BCUT2D eigenvalue weighted by atomic mass is 35.5. The van der Waals surface area contributed by atoms with Crippen LogP contribution in [0.3, 0.4) is 0 Å². The Balaban J connectivity index is 0.00000200. The van der Waals surface area contributed by atoms with Crippen molar-refractivity contribution >= 4 is 45.4 Å². The molecule has 0 amide bonds. The molecule has 0 N–H and O–H groups in total. The topological polar surface area (TPSA) is 40.6 Å². The predicted molar refractivity (Wildman–Crippen MR) is 87.5 cm³/mol. The van der Waals surface area contributed by atoms with Gasteiger partial charge in [0.05, 0.1) is 4.34 Å². The maximum atomic E-state index is 12.6. The minimum Gasteiger partial charge on any atom is -0.304 e. The highest BCUT2D eigenvalue weighted by Crippen LogP contribution is 2.34. The van der Waals surface area contributed by atoms with E-state index in [2.05, 4.69) is 11.5 Å². The van der Waals surface area contributed by atoms with Gasteiger partial charge in [0.25, 0.3) is 0 Å². The van der Waals surface area contributed by atoms with Gasteiger partial charge in [0.1, 0.15) is 5.25 Å². The molecular weight excluding hydrogens is 339 g/mol. The molecule has 20 heavy (non-hydrogen) atoms. The monoisotopic (exact) mass is 356 g/mol. The average molecular weight is 357 g/mol. The third-order valence-corrected chi connectivity index (χ3v) is 6.87. The summed E-state index contributed by atoms with van der Waals surface area (Å²) in [4.78, 5) is 2.84. The minimum absolute atomic E-state index is 0. The maximum absolute atomic E-state index is 12.6. The van der Waals surface area contributed by atoms with E-state index < -0.39 is 15.3 Å². The Labute approximate surface area is 135 Å². The molecule has 1 fully saturated rings. The fourth-order valence-electron chi connectivity index (χ4n) is 2.07. The van der Waals surface area contributed by atoms with Crippen molar-refractivity contribution in [3.05, 3.63) is 34.0 Å². The summed E-state index contributed by atoms with van der Waals surface area (Å²) in [5.41, 5.74) is 0. The van der Waals surface area contributed by atoms with Crippen molar-refractivity contribution in [2.24, 2.45) is 0 Å². The molecule has 4 nitrogen and oxygen atoms in total. The first-order chi connectivity index (χ1) is 8.95. The number of thiophene rings is 1. The van der Waals surface area contributed by atoms with E-state index in [0.29, 0.717) is 17.4 Å². The Kier molecular flexibility index (Phi) is 6.50. The normalized spacial score (nSPS) is 19.3. The second-order valence-corrected chi connectivity index (χ2v) is 8.35. The van der Waals surface area contributed by atoms with Crippen LogP contribution in [0.15, 0.2) is 24.8 Å². The second kappa shape index (κ2) is 7.24. The number of piperazine rings is 1. The molecule has 0 aromatic carbocycles. The lowest BCUT2D eigenvalue weighted by atomic mass is 10.3. The van der Waals surface area contributed by atoms with E-state index in [1.54, 1.807) is 16.4 Å². The number of likely N-dealkylation sites (N-methyl/N-ethyl adjacent to an activating group) is 1. The van der Waals surface area contributed by atoms with E-state index in [9.17, 15) is 8.42 Å².